The van der Waals surface area contributed by atoms with Gasteiger partial charge >= 0.3 is 11.9 Å². The lowest BCUT2D eigenvalue weighted by molar-refractivity contribution is -0.140. The number of epoxide rings is 1. The molecule has 3 fully saturated rings. The maximum absolute atomic E-state index is 12.6. The van der Waals surface area contributed by atoms with Crippen molar-refractivity contribution in [1.82, 2.24) is 0 Å². The van der Waals surface area contributed by atoms with E-state index in [0.717, 1.165) is 67.4 Å². The molecule has 1 saturated heterocycles. The summed E-state index contributed by atoms with van der Waals surface area (Å²) in [6.45, 7) is 20.8. The van der Waals surface area contributed by atoms with Gasteiger partial charge in [-0.25, -0.2) is 9.59 Å². The van der Waals surface area contributed by atoms with Crippen LogP contribution in [0.2, 0.25) is 19.1 Å². The molecule has 0 radical (unpaired) electrons. The van der Waals surface area contributed by atoms with Crippen LogP contribution in [0, 0.1) is 17.8 Å². The van der Waals surface area contributed by atoms with E-state index in [1.807, 2.05) is 0 Å². The average molecular weight is 709 g/mol. The van der Waals surface area contributed by atoms with Crippen molar-refractivity contribution in [3.8, 4) is 0 Å². The predicted octanol–water partition coefficient (Wildman–Crippen LogP) is 10.1. The summed E-state index contributed by atoms with van der Waals surface area (Å²) in [6.07, 6.45) is 19.7. The van der Waals surface area contributed by atoms with Crippen molar-refractivity contribution in [2.24, 2.45) is 17.8 Å². The Balaban J connectivity index is 1.49. The predicted molar refractivity (Wildman–Crippen MR) is 206 cm³/mol. The van der Waals surface area contributed by atoms with Crippen LogP contribution in [0.15, 0.2) is 36.4 Å². The molecule has 50 heavy (non-hydrogen) atoms. The largest absolute Gasteiger partial charge is 0.457 e. The second-order valence-electron chi connectivity index (χ2n) is 16.5. The first kappa shape index (κ1) is 40.5. The Morgan fingerprint density at radius 1 is 0.800 bits per heavy atom. The van der Waals surface area contributed by atoms with Crippen LogP contribution in [0.5, 0.6) is 0 Å². The van der Waals surface area contributed by atoms with Gasteiger partial charge in [-0.2, -0.15) is 0 Å². The van der Waals surface area contributed by atoms with Crippen LogP contribution in [-0.2, 0) is 41.8 Å². The first-order valence-electron chi connectivity index (χ1n) is 20.0. The summed E-state index contributed by atoms with van der Waals surface area (Å²) < 4.78 is 22.7. The molecule has 3 aliphatic rings. The third-order valence-corrected chi connectivity index (χ3v) is 15.3. The first-order valence-corrected chi connectivity index (χ1v) is 23.2. The highest BCUT2D eigenvalue weighted by molar-refractivity contribution is 6.90. The van der Waals surface area contributed by atoms with Gasteiger partial charge in [0.05, 0.1) is 21.3 Å². The van der Waals surface area contributed by atoms with Crippen molar-refractivity contribution in [3.05, 3.63) is 53.1 Å². The normalized spacial score (nSPS) is 23.7. The summed E-state index contributed by atoms with van der Waals surface area (Å²) in [4.78, 5) is 25.3. The minimum absolute atomic E-state index is 0.209. The lowest BCUT2D eigenvalue weighted by Crippen LogP contribution is -2.46. The fourth-order valence-corrected chi connectivity index (χ4v) is 12.1. The van der Waals surface area contributed by atoms with Crippen LogP contribution >= 0.6 is 0 Å². The zero-order valence-corrected chi connectivity index (χ0v) is 33.3. The number of benzene rings is 1. The number of ether oxygens (including phenoxy) is 4. The zero-order chi connectivity index (χ0) is 36.1. The van der Waals surface area contributed by atoms with E-state index in [9.17, 15) is 9.59 Å². The molecular formula is C43H68O6Si. The van der Waals surface area contributed by atoms with Gasteiger partial charge in [-0.05, 0) is 104 Å². The highest BCUT2D eigenvalue weighted by Gasteiger charge is 2.34. The van der Waals surface area contributed by atoms with Crippen LogP contribution in [0.25, 0.3) is 0 Å². The topological polar surface area (TPSA) is 74.4 Å². The number of rotatable bonds is 21. The van der Waals surface area contributed by atoms with E-state index in [-0.39, 0.29) is 25.2 Å². The lowest BCUT2D eigenvalue weighted by atomic mass is 9.68. The number of esters is 2. The minimum Gasteiger partial charge on any atom is -0.457 e. The standard InChI is InChI=1S/C43H68O6Si/c1-8-9-11-14-33-15-17-34(18-16-33)35-19-21-36(22-20-35)37-25-38(27-48-42(44)31(2)3)41(39(26-37)28-49-43(45)32(4)5)50(6,7)24-13-10-12-23-46-29-40-30-47-40/h25-26,33-36,40H,2,4,8-24,27-30H2,1,3,5-7H3. The van der Waals surface area contributed by atoms with E-state index < -0.39 is 8.07 Å². The second-order valence-corrected chi connectivity index (χ2v) is 21.3. The summed E-state index contributed by atoms with van der Waals surface area (Å²) in [5.41, 5.74) is 4.26. The summed E-state index contributed by atoms with van der Waals surface area (Å²) >= 11 is 0. The van der Waals surface area contributed by atoms with Crippen molar-refractivity contribution in [1.29, 1.82) is 0 Å². The number of carbonyl (C=O) groups is 2. The molecule has 4 rings (SSSR count). The molecule has 1 aromatic carbocycles. The molecular weight excluding hydrogens is 641 g/mol. The molecule has 1 unspecified atom stereocenters. The molecule has 1 aromatic rings. The number of unbranched alkanes of at least 4 members (excludes halogenated alkanes) is 4. The van der Waals surface area contributed by atoms with E-state index in [0.29, 0.717) is 29.8 Å². The molecule has 0 aromatic heterocycles. The summed E-state index contributed by atoms with van der Waals surface area (Å²) in [7, 11) is -2.05. The molecule has 6 nitrogen and oxygen atoms in total. The molecule has 1 heterocycles. The van der Waals surface area contributed by atoms with Gasteiger partial charge in [0.15, 0.2) is 0 Å². The number of hydrogen-bond donors (Lipinski definition) is 0. The first-order chi connectivity index (χ1) is 24.0. The van der Waals surface area contributed by atoms with Crippen molar-refractivity contribution in [3.63, 3.8) is 0 Å². The van der Waals surface area contributed by atoms with Crippen LogP contribution < -0.4 is 5.19 Å². The smallest absolute Gasteiger partial charge is 0.333 e. The van der Waals surface area contributed by atoms with Gasteiger partial charge < -0.3 is 18.9 Å². The van der Waals surface area contributed by atoms with Crippen molar-refractivity contribution >= 4 is 25.2 Å². The Morgan fingerprint density at radius 3 is 1.88 bits per heavy atom. The highest BCUT2D eigenvalue weighted by Crippen LogP contribution is 2.45. The number of hydrogen-bond acceptors (Lipinski definition) is 6. The van der Waals surface area contributed by atoms with E-state index in [1.165, 1.54) is 87.8 Å². The average Bonchev–Trinajstić information content (AvgIpc) is 3.93. The van der Waals surface area contributed by atoms with Crippen molar-refractivity contribution < 1.29 is 28.5 Å². The van der Waals surface area contributed by atoms with Gasteiger partial charge in [-0.3, -0.25) is 0 Å². The van der Waals surface area contributed by atoms with Gasteiger partial charge in [0.1, 0.15) is 19.3 Å². The van der Waals surface area contributed by atoms with Gasteiger partial charge in [0.2, 0.25) is 0 Å². The van der Waals surface area contributed by atoms with Crippen LogP contribution in [0.1, 0.15) is 140 Å². The quantitative estimate of drug-likeness (QED) is 0.0416. The van der Waals surface area contributed by atoms with Crippen molar-refractivity contribution in [2.45, 2.75) is 161 Å². The maximum Gasteiger partial charge on any atom is 0.333 e. The Kier molecular flexibility index (Phi) is 16.3. The zero-order valence-electron chi connectivity index (χ0n) is 32.3. The Morgan fingerprint density at radius 2 is 1.36 bits per heavy atom. The fraction of sp³-hybridized carbons (Fsp3) is 0.721. The molecule has 0 amide bonds. The molecule has 280 valence electrons. The highest BCUT2D eigenvalue weighted by atomic mass is 28.3. The van der Waals surface area contributed by atoms with Gasteiger partial charge in [-0.1, -0.05) is 103 Å². The summed E-state index contributed by atoms with van der Waals surface area (Å²) in [6, 6.07) is 5.76. The summed E-state index contributed by atoms with van der Waals surface area (Å²) in [5, 5.41) is 1.26. The van der Waals surface area contributed by atoms with E-state index in [1.54, 1.807) is 13.8 Å². The van der Waals surface area contributed by atoms with Crippen molar-refractivity contribution in [2.75, 3.05) is 19.8 Å². The second kappa shape index (κ2) is 20.1. The SMILES string of the molecule is C=C(C)C(=O)OCc1cc(C2CCC(C3CCC(CCCCC)CC3)CC2)cc(COC(=O)C(=C)C)c1[Si](C)(C)CCCCCOCC1CO1. The molecule has 0 bridgehead atoms. The van der Waals surface area contributed by atoms with E-state index in [4.69, 9.17) is 18.9 Å². The van der Waals surface area contributed by atoms with Crippen LogP contribution in [0.3, 0.4) is 0 Å². The third-order valence-electron chi connectivity index (χ3n) is 11.7. The third kappa shape index (κ3) is 12.8. The van der Waals surface area contributed by atoms with E-state index >= 15 is 0 Å². The molecule has 2 aliphatic carbocycles. The minimum atomic E-state index is -2.05. The van der Waals surface area contributed by atoms with E-state index in [2.05, 4.69) is 45.3 Å². The molecule has 1 atom stereocenters. The molecule has 0 spiro atoms. The monoisotopic (exact) mass is 708 g/mol. The van der Waals surface area contributed by atoms with Crippen LogP contribution in [-0.4, -0.2) is 45.9 Å². The molecule has 0 N–H and O–H groups in total. The molecule has 7 heteroatoms. The van der Waals surface area contributed by atoms with Gasteiger partial charge in [0.25, 0.3) is 0 Å². The van der Waals surface area contributed by atoms with Gasteiger partial charge in [0, 0.05) is 17.8 Å². The van der Waals surface area contributed by atoms with Crippen LogP contribution in [0.4, 0.5) is 0 Å². The Bertz CT molecular complexity index is 1210. The summed E-state index contributed by atoms with van der Waals surface area (Å²) in [5.74, 6) is 2.41. The number of carbonyl (C=O) groups excluding carboxylic acids is 2. The van der Waals surface area contributed by atoms with Gasteiger partial charge in [-0.15, -0.1) is 0 Å². The molecule has 2 saturated carbocycles. The molecule has 1 aliphatic heterocycles. The lowest BCUT2D eigenvalue weighted by Gasteiger charge is -2.38. The fourth-order valence-electron chi connectivity index (χ4n) is 8.67. The Hall–Kier alpha value is -2.22. The maximum atomic E-state index is 12.6. The Labute approximate surface area is 305 Å².